The smallest absolute Gasteiger partial charge is 0.234 e. The van der Waals surface area contributed by atoms with E-state index in [2.05, 4.69) is 4.99 Å². The Labute approximate surface area is 85.0 Å². The van der Waals surface area contributed by atoms with Crippen molar-refractivity contribution in [3.8, 4) is 0 Å². The van der Waals surface area contributed by atoms with Gasteiger partial charge in [0, 0.05) is 19.5 Å². The van der Waals surface area contributed by atoms with Gasteiger partial charge in [0.05, 0.1) is 6.54 Å². The van der Waals surface area contributed by atoms with Crippen LogP contribution in [0.25, 0.3) is 0 Å². The predicted octanol–water partition coefficient (Wildman–Crippen LogP) is 1.36. The summed E-state index contributed by atoms with van der Waals surface area (Å²) in [6.07, 6.45) is 3.67. The number of carbonyl (C=O) groups is 1. The first kappa shape index (κ1) is 12.8. The van der Waals surface area contributed by atoms with Crippen molar-refractivity contribution in [3.05, 3.63) is 0 Å². The molecule has 0 aromatic carbocycles. The van der Waals surface area contributed by atoms with Gasteiger partial charge in [-0.1, -0.05) is 13.8 Å². The Hall–Kier alpha value is -1.15. The molecule has 4 nitrogen and oxygen atoms in total. The van der Waals surface area contributed by atoms with Gasteiger partial charge in [0.1, 0.15) is 0 Å². The van der Waals surface area contributed by atoms with E-state index in [0.717, 1.165) is 25.9 Å². The Morgan fingerprint density at radius 3 is 2.29 bits per heavy atom. The normalized spacial score (nSPS) is 9.29. The molecule has 0 spiro atoms. The minimum absolute atomic E-state index is 0.0766. The van der Waals surface area contributed by atoms with Crippen molar-refractivity contribution in [3.63, 3.8) is 0 Å². The standard InChI is InChI=1S/C10H18N2O2/c1-3-7-12(8-4-2)10(14)5-6-11-9-13/h3-8H2,1-2H3. The van der Waals surface area contributed by atoms with Gasteiger partial charge in [-0.05, 0) is 12.8 Å². The van der Waals surface area contributed by atoms with Crippen LogP contribution in [-0.4, -0.2) is 36.5 Å². The molecule has 0 heterocycles. The molecule has 0 rings (SSSR count). The van der Waals surface area contributed by atoms with Crippen molar-refractivity contribution in [2.24, 2.45) is 4.99 Å². The van der Waals surface area contributed by atoms with Gasteiger partial charge in [-0.15, -0.1) is 0 Å². The molecule has 0 bridgehead atoms. The van der Waals surface area contributed by atoms with Gasteiger partial charge in [-0.2, -0.15) is 0 Å². The molecular weight excluding hydrogens is 180 g/mol. The SMILES string of the molecule is CCCN(CCC)C(=O)CCN=C=O. The van der Waals surface area contributed by atoms with Gasteiger partial charge in [0.2, 0.25) is 12.0 Å². The van der Waals surface area contributed by atoms with E-state index in [1.54, 1.807) is 0 Å². The van der Waals surface area contributed by atoms with Crippen LogP contribution in [0, 0.1) is 0 Å². The first-order chi connectivity index (χ1) is 6.76. The maximum atomic E-state index is 11.5. The quantitative estimate of drug-likeness (QED) is 0.458. The van der Waals surface area contributed by atoms with Gasteiger partial charge in [-0.3, -0.25) is 4.79 Å². The van der Waals surface area contributed by atoms with Crippen LogP contribution in [0.3, 0.4) is 0 Å². The third-order valence-electron chi connectivity index (χ3n) is 1.84. The molecular formula is C10H18N2O2. The molecule has 0 radical (unpaired) electrons. The average molecular weight is 198 g/mol. The van der Waals surface area contributed by atoms with Crippen LogP contribution in [0.2, 0.25) is 0 Å². The highest BCUT2D eigenvalue weighted by atomic mass is 16.2. The Bertz CT molecular complexity index is 204. The lowest BCUT2D eigenvalue weighted by Crippen LogP contribution is -2.32. The number of carbonyl (C=O) groups excluding carboxylic acids is 2. The molecule has 0 fully saturated rings. The number of hydrogen-bond donors (Lipinski definition) is 0. The summed E-state index contributed by atoms with van der Waals surface area (Å²) in [6.45, 7) is 5.92. The molecule has 0 saturated heterocycles. The first-order valence-corrected chi connectivity index (χ1v) is 5.07. The van der Waals surface area contributed by atoms with E-state index in [0.29, 0.717) is 6.42 Å². The zero-order valence-corrected chi connectivity index (χ0v) is 8.95. The molecule has 0 saturated carbocycles. The second-order valence-electron chi connectivity index (χ2n) is 3.10. The van der Waals surface area contributed by atoms with Crippen LogP contribution in [0.5, 0.6) is 0 Å². The molecule has 0 aromatic heterocycles. The average Bonchev–Trinajstić information content (AvgIpc) is 2.18. The van der Waals surface area contributed by atoms with Crippen molar-refractivity contribution in [2.45, 2.75) is 33.1 Å². The van der Waals surface area contributed by atoms with Crippen molar-refractivity contribution in [2.75, 3.05) is 19.6 Å². The number of hydrogen-bond acceptors (Lipinski definition) is 3. The second-order valence-corrected chi connectivity index (χ2v) is 3.10. The van der Waals surface area contributed by atoms with Crippen molar-refractivity contribution >= 4 is 12.0 Å². The predicted molar refractivity (Wildman–Crippen MR) is 54.8 cm³/mol. The maximum absolute atomic E-state index is 11.5. The van der Waals surface area contributed by atoms with Crippen molar-refractivity contribution in [1.29, 1.82) is 0 Å². The van der Waals surface area contributed by atoms with E-state index in [4.69, 9.17) is 0 Å². The molecule has 0 atom stereocenters. The summed E-state index contributed by atoms with van der Waals surface area (Å²) in [6, 6.07) is 0. The minimum atomic E-state index is 0.0766. The third-order valence-corrected chi connectivity index (χ3v) is 1.84. The van der Waals surface area contributed by atoms with Crippen molar-refractivity contribution in [1.82, 2.24) is 4.90 Å². The zero-order valence-electron chi connectivity index (χ0n) is 8.95. The molecule has 0 aliphatic carbocycles. The maximum Gasteiger partial charge on any atom is 0.234 e. The summed E-state index contributed by atoms with van der Waals surface area (Å²) in [5.41, 5.74) is 0. The largest absolute Gasteiger partial charge is 0.343 e. The van der Waals surface area contributed by atoms with E-state index < -0.39 is 0 Å². The summed E-state index contributed by atoms with van der Waals surface area (Å²) in [5.74, 6) is 0.0766. The first-order valence-electron chi connectivity index (χ1n) is 5.07. The lowest BCUT2D eigenvalue weighted by Gasteiger charge is -2.20. The fraction of sp³-hybridized carbons (Fsp3) is 0.800. The molecule has 0 N–H and O–H groups in total. The highest BCUT2D eigenvalue weighted by Crippen LogP contribution is 1.98. The number of isocyanates is 1. The van der Waals surface area contributed by atoms with E-state index in [9.17, 15) is 9.59 Å². The monoisotopic (exact) mass is 198 g/mol. The van der Waals surface area contributed by atoms with Gasteiger partial charge >= 0.3 is 0 Å². The van der Waals surface area contributed by atoms with E-state index in [1.807, 2.05) is 18.7 Å². The van der Waals surface area contributed by atoms with Gasteiger partial charge in [-0.25, -0.2) is 9.79 Å². The van der Waals surface area contributed by atoms with Crippen LogP contribution in [0.1, 0.15) is 33.1 Å². The number of aliphatic imine (C=N–C) groups is 1. The van der Waals surface area contributed by atoms with Crippen LogP contribution < -0.4 is 0 Å². The lowest BCUT2D eigenvalue weighted by molar-refractivity contribution is -0.131. The van der Waals surface area contributed by atoms with E-state index in [1.165, 1.54) is 6.08 Å². The summed E-state index contributed by atoms with van der Waals surface area (Å²) in [7, 11) is 0. The Morgan fingerprint density at radius 2 is 1.86 bits per heavy atom. The van der Waals surface area contributed by atoms with Crippen molar-refractivity contribution < 1.29 is 9.59 Å². The van der Waals surface area contributed by atoms with Gasteiger partial charge in [0.25, 0.3) is 0 Å². The molecule has 0 aromatic rings. The Balaban J connectivity index is 3.93. The number of nitrogens with zero attached hydrogens (tertiary/aromatic N) is 2. The minimum Gasteiger partial charge on any atom is -0.343 e. The highest BCUT2D eigenvalue weighted by Gasteiger charge is 2.10. The summed E-state index contributed by atoms with van der Waals surface area (Å²) < 4.78 is 0. The van der Waals surface area contributed by atoms with E-state index in [-0.39, 0.29) is 12.5 Å². The Kier molecular flexibility index (Phi) is 7.75. The molecule has 0 aliphatic heterocycles. The molecule has 0 aliphatic rings. The number of amides is 1. The van der Waals surface area contributed by atoms with Gasteiger partial charge in [0.15, 0.2) is 0 Å². The second kappa shape index (κ2) is 8.45. The topological polar surface area (TPSA) is 49.7 Å². The molecule has 4 heteroatoms. The van der Waals surface area contributed by atoms with Gasteiger partial charge < -0.3 is 4.90 Å². The summed E-state index contributed by atoms with van der Waals surface area (Å²) in [4.78, 5) is 26.5. The fourth-order valence-corrected chi connectivity index (χ4v) is 1.26. The van der Waals surface area contributed by atoms with E-state index >= 15 is 0 Å². The Morgan fingerprint density at radius 1 is 1.29 bits per heavy atom. The molecule has 80 valence electrons. The van der Waals surface area contributed by atoms with Crippen LogP contribution in [-0.2, 0) is 9.59 Å². The van der Waals surface area contributed by atoms with Crippen LogP contribution in [0.4, 0.5) is 0 Å². The summed E-state index contributed by atoms with van der Waals surface area (Å²) >= 11 is 0. The molecule has 1 amide bonds. The third kappa shape index (κ3) is 5.49. The lowest BCUT2D eigenvalue weighted by atomic mass is 10.3. The zero-order chi connectivity index (χ0) is 10.8. The highest BCUT2D eigenvalue weighted by molar-refractivity contribution is 5.76. The van der Waals surface area contributed by atoms with Crippen LogP contribution >= 0.6 is 0 Å². The summed E-state index contributed by atoms with van der Waals surface area (Å²) in [5, 5.41) is 0. The fourth-order valence-electron chi connectivity index (χ4n) is 1.26. The van der Waals surface area contributed by atoms with Crippen LogP contribution in [0.15, 0.2) is 4.99 Å². The number of rotatable bonds is 7. The molecule has 14 heavy (non-hydrogen) atoms. The molecule has 0 unspecified atom stereocenters.